The highest BCUT2D eigenvalue weighted by atomic mass is 32.2. The fourth-order valence-electron chi connectivity index (χ4n) is 2.80. The number of allylic oxidation sites excluding steroid dienone is 2. The van der Waals surface area contributed by atoms with Crippen LogP contribution < -0.4 is 0 Å². The number of halogens is 3. The van der Waals surface area contributed by atoms with E-state index >= 15 is 0 Å². The largest absolute Gasteiger partial charge is 0.481 e. The number of rotatable bonds is 4. The second-order valence-electron chi connectivity index (χ2n) is 6.25. The molecule has 1 atom stereocenters. The van der Waals surface area contributed by atoms with Gasteiger partial charge in [-0.1, -0.05) is 24.3 Å². The monoisotopic (exact) mass is 409 g/mol. The van der Waals surface area contributed by atoms with Gasteiger partial charge in [0.05, 0.1) is 22.1 Å². The standard InChI is InChI=1S/C19H14F3NO4S/c1-28(26,27)14-6-7-17(23-10-14)16-9-12(18(24)25)8-15(16)11-2-4-13(5-3-11)19(20,21)22/h2-10,12H,1H3,(H,24,25). The van der Waals surface area contributed by atoms with Crippen molar-refractivity contribution in [1.29, 1.82) is 0 Å². The molecule has 1 heterocycles. The van der Waals surface area contributed by atoms with Crippen molar-refractivity contribution in [3.63, 3.8) is 0 Å². The SMILES string of the molecule is CS(=O)(=O)c1ccc(C2=CC(C(=O)O)C=C2c2ccc(C(F)(F)F)cc2)nc1. The molecule has 0 saturated carbocycles. The molecule has 0 fully saturated rings. The summed E-state index contributed by atoms with van der Waals surface area (Å²) in [5.74, 6) is -2.09. The second kappa shape index (κ2) is 6.90. The molecule has 1 aliphatic rings. The molecule has 146 valence electrons. The maximum Gasteiger partial charge on any atom is 0.416 e. The van der Waals surface area contributed by atoms with Crippen molar-refractivity contribution >= 4 is 27.0 Å². The van der Waals surface area contributed by atoms with Crippen molar-refractivity contribution in [2.75, 3.05) is 6.26 Å². The molecule has 0 bridgehead atoms. The number of hydrogen-bond donors (Lipinski definition) is 1. The molecule has 9 heteroatoms. The van der Waals surface area contributed by atoms with Crippen LogP contribution in [-0.2, 0) is 20.8 Å². The first-order chi connectivity index (χ1) is 13.0. The van der Waals surface area contributed by atoms with Gasteiger partial charge in [-0.15, -0.1) is 0 Å². The Morgan fingerprint density at radius 2 is 1.64 bits per heavy atom. The quantitative estimate of drug-likeness (QED) is 0.833. The Balaban J connectivity index is 2.03. The molecular formula is C19H14F3NO4S. The van der Waals surface area contributed by atoms with Crippen molar-refractivity contribution in [3.8, 4) is 0 Å². The smallest absolute Gasteiger partial charge is 0.416 e. The zero-order chi connectivity index (χ0) is 20.7. The fraction of sp³-hybridized carbons (Fsp3) is 0.158. The average Bonchev–Trinajstić information content (AvgIpc) is 3.06. The van der Waals surface area contributed by atoms with Crippen LogP contribution in [-0.4, -0.2) is 30.7 Å². The number of carboxylic acid groups (broad SMARTS) is 1. The van der Waals surface area contributed by atoms with Crippen LogP contribution in [0.25, 0.3) is 11.1 Å². The van der Waals surface area contributed by atoms with Crippen molar-refractivity contribution in [2.24, 2.45) is 5.92 Å². The summed E-state index contributed by atoms with van der Waals surface area (Å²) in [5, 5.41) is 9.31. The highest BCUT2D eigenvalue weighted by Gasteiger charge is 2.31. The van der Waals surface area contributed by atoms with Crippen LogP contribution in [0, 0.1) is 5.92 Å². The Labute approximate surface area is 158 Å². The first kappa shape index (κ1) is 19.8. The van der Waals surface area contributed by atoms with E-state index < -0.39 is 33.5 Å². The Bertz CT molecular complexity index is 1080. The molecule has 1 aliphatic carbocycles. The molecule has 5 nitrogen and oxygen atoms in total. The van der Waals surface area contributed by atoms with Crippen molar-refractivity contribution < 1.29 is 31.5 Å². The molecule has 0 aliphatic heterocycles. The van der Waals surface area contributed by atoms with Gasteiger partial charge in [-0.05, 0) is 35.4 Å². The van der Waals surface area contributed by atoms with Crippen LogP contribution in [0.2, 0.25) is 0 Å². The Morgan fingerprint density at radius 3 is 2.11 bits per heavy atom. The van der Waals surface area contributed by atoms with Gasteiger partial charge in [0.2, 0.25) is 0 Å². The van der Waals surface area contributed by atoms with Crippen LogP contribution in [0.15, 0.2) is 59.6 Å². The molecule has 1 aromatic heterocycles. The summed E-state index contributed by atoms with van der Waals surface area (Å²) in [4.78, 5) is 15.5. The number of aromatic nitrogens is 1. The molecule has 0 saturated heterocycles. The molecule has 1 aromatic carbocycles. The Hall–Kier alpha value is -2.94. The number of nitrogens with zero attached hydrogens (tertiary/aromatic N) is 1. The van der Waals surface area contributed by atoms with E-state index in [9.17, 15) is 31.5 Å². The minimum atomic E-state index is -4.48. The second-order valence-corrected chi connectivity index (χ2v) is 8.27. The van der Waals surface area contributed by atoms with E-state index in [2.05, 4.69) is 4.98 Å². The summed E-state index contributed by atoms with van der Waals surface area (Å²) in [6.07, 6.45) is 0.564. The van der Waals surface area contributed by atoms with Crippen LogP contribution in [0.4, 0.5) is 13.2 Å². The number of hydrogen-bond acceptors (Lipinski definition) is 4. The van der Waals surface area contributed by atoms with Gasteiger partial charge in [-0.25, -0.2) is 8.42 Å². The first-order valence-corrected chi connectivity index (χ1v) is 9.87. The maximum absolute atomic E-state index is 12.8. The van der Waals surface area contributed by atoms with Gasteiger partial charge in [-0.3, -0.25) is 9.78 Å². The van der Waals surface area contributed by atoms with Gasteiger partial charge < -0.3 is 5.11 Å². The van der Waals surface area contributed by atoms with Gasteiger partial charge >= 0.3 is 12.1 Å². The number of sulfone groups is 1. The Kier molecular flexibility index (Phi) is 4.88. The van der Waals surface area contributed by atoms with Gasteiger partial charge in [0.25, 0.3) is 0 Å². The first-order valence-electron chi connectivity index (χ1n) is 7.98. The third kappa shape index (κ3) is 3.99. The van der Waals surface area contributed by atoms with E-state index in [0.29, 0.717) is 22.4 Å². The van der Waals surface area contributed by atoms with Gasteiger partial charge in [0, 0.05) is 18.0 Å². The molecule has 3 rings (SSSR count). The van der Waals surface area contributed by atoms with Crippen LogP contribution >= 0.6 is 0 Å². The van der Waals surface area contributed by atoms with Crippen molar-refractivity contribution in [1.82, 2.24) is 4.98 Å². The van der Waals surface area contributed by atoms with E-state index in [1.165, 1.54) is 36.4 Å². The lowest BCUT2D eigenvalue weighted by Gasteiger charge is -2.11. The highest BCUT2D eigenvalue weighted by molar-refractivity contribution is 7.90. The lowest BCUT2D eigenvalue weighted by molar-refractivity contribution is -0.139. The van der Waals surface area contributed by atoms with Gasteiger partial charge in [0.15, 0.2) is 9.84 Å². The Morgan fingerprint density at radius 1 is 1.04 bits per heavy atom. The van der Waals surface area contributed by atoms with Crippen molar-refractivity contribution in [2.45, 2.75) is 11.1 Å². The average molecular weight is 409 g/mol. The maximum atomic E-state index is 12.8. The molecular weight excluding hydrogens is 395 g/mol. The molecule has 0 spiro atoms. The number of pyridine rings is 1. The topological polar surface area (TPSA) is 84.3 Å². The predicted molar refractivity (Wildman–Crippen MR) is 95.9 cm³/mol. The highest BCUT2D eigenvalue weighted by Crippen LogP contribution is 2.39. The van der Waals surface area contributed by atoms with E-state index in [-0.39, 0.29) is 4.90 Å². The van der Waals surface area contributed by atoms with Crippen LogP contribution in [0.3, 0.4) is 0 Å². The van der Waals surface area contributed by atoms with Crippen LogP contribution in [0.1, 0.15) is 16.8 Å². The number of carboxylic acids is 1. The van der Waals surface area contributed by atoms with Crippen LogP contribution in [0.5, 0.6) is 0 Å². The van der Waals surface area contributed by atoms with E-state index in [1.807, 2.05) is 0 Å². The lowest BCUT2D eigenvalue weighted by Crippen LogP contribution is -2.05. The predicted octanol–water partition coefficient (Wildman–Crippen LogP) is 3.69. The summed E-state index contributed by atoms with van der Waals surface area (Å²) in [6.45, 7) is 0. The minimum absolute atomic E-state index is 0.00434. The summed E-state index contributed by atoms with van der Waals surface area (Å²) in [6, 6.07) is 7.14. The van der Waals surface area contributed by atoms with Gasteiger partial charge in [0.1, 0.15) is 0 Å². The molecule has 1 unspecified atom stereocenters. The molecule has 2 aromatic rings. The normalized spacial score (nSPS) is 17.2. The van der Waals surface area contributed by atoms with Crippen molar-refractivity contribution in [3.05, 3.63) is 71.6 Å². The van der Waals surface area contributed by atoms with E-state index in [4.69, 9.17) is 0 Å². The zero-order valence-corrected chi connectivity index (χ0v) is 15.3. The molecule has 28 heavy (non-hydrogen) atoms. The molecule has 0 amide bonds. The minimum Gasteiger partial charge on any atom is -0.481 e. The summed E-state index contributed by atoms with van der Waals surface area (Å²) >= 11 is 0. The number of benzene rings is 1. The van der Waals surface area contributed by atoms with Gasteiger partial charge in [-0.2, -0.15) is 13.2 Å². The third-order valence-corrected chi connectivity index (χ3v) is 5.33. The molecule has 1 N–H and O–H groups in total. The summed E-state index contributed by atoms with van der Waals surface area (Å²) in [7, 11) is -3.45. The number of alkyl halides is 3. The van der Waals surface area contributed by atoms with E-state index in [0.717, 1.165) is 24.6 Å². The fourth-order valence-corrected chi connectivity index (χ4v) is 3.36. The lowest BCUT2D eigenvalue weighted by atomic mass is 9.97. The number of carbonyl (C=O) groups is 1. The number of aliphatic carboxylic acids is 1. The zero-order valence-electron chi connectivity index (χ0n) is 14.4. The summed E-state index contributed by atoms with van der Waals surface area (Å²) in [5.41, 5.74) is 0.734. The third-order valence-electron chi connectivity index (χ3n) is 4.23. The van der Waals surface area contributed by atoms with E-state index in [1.54, 1.807) is 0 Å². The summed E-state index contributed by atoms with van der Waals surface area (Å²) < 4.78 is 61.5. The molecule has 0 radical (unpaired) electrons.